The van der Waals surface area contributed by atoms with Crippen LogP contribution in [0.2, 0.25) is 0 Å². The van der Waals surface area contributed by atoms with Gasteiger partial charge in [0.15, 0.2) is 0 Å². The van der Waals surface area contributed by atoms with E-state index in [4.69, 9.17) is 4.74 Å². The molecule has 0 saturated carbocycles. The molecule has 0 spiro atoms. The lowest BCUT2D eigenvalue weighted by atomic mass is 9.92. The van der Waals surface area contributed by atoms with E-state index < -0.39 is 0 Å². The van der Waals surface area contributed by atoms with Crippen LogP contribution >= 0.6 is 0 Å². The fourth-order valence-corrected chi connectivity index (χ4v) is 1.91. The van der Waals surface area contributed by atoms with Crippen molar-refractivity contribution < 1.29 is 4.74 Å². The smallest absolute Gasteiger partial charge is 0.127 e. The third kappa shape index (κ3) is 1.09. The molecule has 0 unspecified atom stereocenters. The zero-order valence-electron chi connectivity index (χ0n) is 7.85. The molecule has 0 saturated heterocycles. The van der Waals surface area contributed by atoms with Crippen molar-refractivity contribution in [1.82, 2.24) is 0 Å². The molecule has 0 fully saturated rings. The fourth-order valence-electron chi connectivity index (χ4n) is 1.91. The number of ether oxygens (including phenoxy) is 1. The molecule has 0 aromatic rings. The van der Waals surface area contributed by atoms with Crippen molar-refractivity contribution in [3.63, 3.8) is 0 Å². The molecule has 0 aromatic carbocycles. The summed E-state index contributed by atoms with van der Waals surface area (Å²) in [5, 5.41) is 0. The Hall–Kier alpha value is -0.980. The van der Waals surface area contributed by atoms with Gasteiger partial charge in [-0.1, -0.05) is 17.7 Å². The number of rotatable bonds is 0. The zero-order chi connectivity index (χ0) is 8.77. The molecule has 1 nitrogen and oxygen atoms in total. The summed E-state index contributed by atoms with van der Waals surface area (Å²) in [6.45, 7) is 6.45. The van der Waals surface area contributed by atoms with Crippen LogP contribution in [0.15, 0.2) is 35.1 Å². The van der Waals surface area contributed by atoms with Gasteiger partial charge in [0.25, 0.3) is 0 Å². The van der Waals surface area contributed by atoms with Crippen LogP contribution in [0.25, 0.3) is 0 Å². The topological polar surface area (TPSA) is 9.23 Å². The standard InChI is InChI=1S/C11H14O/c1-8-7-11(2,3)12-10-6-4-5-9(8)10/h4-6H,7H2,1-3H3. The first-order valence-electron chi connectivity index (χ1n) is 4.36. The Labute approximate surface area is 73.4 Å². The average molecular weight is 162 g/mol. The summed E-state index contributed by atoms with van der Waals surface area (Å²) in [4.78, 5) is 0. The molecule has 1 heterocycles. The third-order valence-corrected chi connectivity index (χ3v) is 2.31. The summed E-state index contributed by atoms with van der Waals surface area (Å²) in [7, 11) is 0. The maximum absolute atomic E-state index is 5.81. The second kappa shape index (κ2) is 2.25. The van der Waals surface area contributed by atoms with Crippen molar-refractivity contribution in [2.75, 3.05) is 0 Å². The molecule has 0 aromatic heterocycles. The summed E-state index contributed by atoms with van der Waals surface area (Å²) in [6.07, 6.45) is 7.25. The van der Waals surface area contributed by atoms with Crippen molar-refractivity contribution in [3.8, 4) is 0 Å². The van der Waals surface area contributed by atoms with Gasteiger partial charge in [0.05, 0.1) is 0 Å². The zero-order valence-corrected chi connectivity index (χ0v) is 7.85. The van der Waals surface area contributed by atoms with Gasteiger partial charge < -0.3 is 4.74 Å². The van der Waals surface area contributed by atoms with E-state index in [0.717, 1.165) is 12.2 Å². The number of fused-ring (bicyclic) bond motifs is 1. The third-order valence-electron chi connectivity index (χ3n) is 2.31. The van der Waals surface area contributed by atoms with E-state index in [1.165, 1.54) is 11.1 Å². The minimum atomic E-state index is -0.0224. The number of hydrogen-bond donors (Lipinski definition) is 0. The Balaban J connectivity index is 2.42. The summed E-state index contributed by atoms with van der Waals surface area (Å²) in [6, 6.07) is 0. The van der Waals surface area contributed by atoms with Crippen LogP contribution in [0.4, 0.5) is 0 Å². The Morgan fingerprint density at radius 3 is 2.92 bits per heavy atom. The quantitative estimate of drug-likeness (QED) is 0.532. The van der Waals surface area contributed by atoms with E-state index >= 15 is 0 Å². The van der Waals surface area contributed by atoms with Gasteiger partial charge in [-0.05, 0) is 26.8 Å². The average Bonchev–Trinajstić information content (AvgIpc) is 2.31. The highest BCUT2D eigenvalue weighted by Crippen LogP contribution is 2.37. The first-order chi connectivity index (χ1) is 5.58. The second-order valence-corrected chi connectivity index (χ2v) is 4.12. The van der Waals surface area contributed by atoms with E-state index in [0.29, 0.717) is 0 Å². The molecule has 1 heteroatoms. The fraction of sp³-hybridized carbons (Fsp3) is 0.455. The van der Waals surface area contributed by atoms with Crippen molar-refractivity contribution >= 4 is 0 Å². The van der Waals surface area contributed by atoms with Gasteiger partial charge in [0.1, 0.15) is 11.4 Å². The predicted octanol–water partition coefficient (Wildman–Crippen LogP) is 2.96. The Morgan fingerprint density at radius 2 is 2.17 bits per heavy atom. The molecule has 0 atom stereocenters. The van der Waals surface area contributed by atoms with Gasteiger partial charge in [0, 0.05) is 12.0 Å². The van der Waals surface area contributed by atoms with Gasteiger partial charge in [-0.2, -0.15) is 0 Å². The van der Waals surface area contributed by atoms with Crippen LogP contribution in [0.3, 0.4) is 0 Å². The second-order valence-electron chi connectivity index (χ2n) is 4.12. The highest BCUT2D eigenvalue weighted by Gasteiger charge is 2.29. The molecule has 1 aliphatic heterocycles. The predicted molar refractivity (Wildman–Crippen MR) is 49.7 cm³/mol. The van der Waals surface area contributed by atoms with Gasteiger partial charge >= 0.3 is 0 Å². The van der Waals surface area contributed by atoms with E-state index in [-0.39, 0.29) is 5.60 Å². The van der Waals surface area contributed by atoms with Gasteiger partial charge in [-0.3, -0.25) is 0 Å². The highest BCUT2D eigenvalue weighted by molar-refractivity contribution is 5.49. The molecule has 0 amide bonds. The van der Waals surface area contributed by atoms with Crippen LogP contribution in [0.5, 0.6) is 0 Å². The van der Waals surface area contributed by atoms with Crippen LogP contribution in [-0.2, 0) is 4.74 Å². The normalized spacial score (nSPS) is 25.1. The van der Waals surface area contributed by atoms with E-state index in [9.17, 15) is 0 Å². The summed E-state index contributed by atoms with van der Waals surface area (Å²) in [5.74, 6) is 1.05. The van der Waals surface area contributed by atoms with Crippen LogP contribution < -0.4 is 0 Å². The van der Waals surface area contributed by atoms with Crippen molar-refractivity contribution in [2.45, 2.75) is 32.8 Å². The first kappa shape index (κ1) is 7.66. The van der Waals surface area contributed by atoms with Crippen molar-refractivity contribution in [2.24, 2.45) is 0 Å². The van der Waals surface area contributed by atoms with E-state index in [1.807, 2.05) is 6.08 Å². The summed E-state index contributed by atoms with van der Waals surface area (Å²) in [5.41, 5.74) is 2.70. The molecular formula is C11H14O. The SMILES string of the molecule is CC1=C2C=CC=C2OC(C)(C)C1. The molecule has 64 valence electrons. The van der Waals surface area contributed by atoms with E-state index in [1.54, 1.807) is 0 Å². The van der Waals surface area contributed by atoms with Gasteiger partial charge in [-0.15, -0.1) is 0 Å². The van der Waals surface area contributed by atoms with Crippen LogP contribution in [0, 0.1) is 0 Å². The maximum Gasteiger partial charge on any atom is 0.127 e. The van der Waals surface area contributed by atoms with Gasteiger partial charge in [-0.25, -0.2) is 0 Å². The molecule has 0 N–H and O–H groups in total. The molecule has 0 radical (unpaired) electrons. The Morgan fingerprint density at radius 1 is 1.42 bits per heavy atom. The van der Waals surface area contributed by atoms with Crippen molar-refractivity contribution in [1.29, 1.82) is 0 Å². The van der Waals surface area contributed by atoms with Crippen LogP contribution in [0.1, 0.15) is 27.2 Å². The lowest BCUT2D eigenvalue weighted by molar-refractivity contribution is 0.0325. The Bertz CT molecular complexity index is 303. The minimum absolute atomic E-state index is 0.0224. The molecule has 0 bridgehead atoms. The molecule has 2 rings (SSSR count). The monoisotopic (exact) mass is 162 g/mol. The number of allylic oxidation sites excluding steroid dienone is 3. The summed E-state index contributed by atoms with van der Waals surface area (Å²) >= 11 is 0. The Kier molecular flexibility index (Phi) is 1.44. The molecular weight excluding hydrogens is 148 g/mol. The lowest BCUT2D eigenvalue weighted by Crippen LogP contribution is -2.28. The highest BCUT2D eigenvalue weighted by atomic mass is 16.5. The number of hydrogen-bond acceptors (Lipinski definition) is 1. The maximum atomic E-state index is 5.81. The first-order valence-corrected chi connectivity index (χ1v) is 4.36. The van der Waals surface area contributed by atoms with Gasteiger partial charge in [0.2, 0.25) is 0 Å². The molecule has 1 aliphatic carbocycles. The lowest BCUT2D eigenvalue weighted by Gasteiger charge is -2.33. The largest absolute Gasteiger partial charge is 0.487 e. The van der Waals surface area contributed by atoms with Crippen LogP contribution in [-0.4, -0.2) is 5.60 Å². The minimum Gasteiger partial charge on any atom is -0.487 e. The van der Waals surface area contributed by atoms with Crippen molar-refractivity contribution in [3.05, 3.63) is 35.1 Å². The molecule has 12 heavy (non-hydrogen) atoms. The molecule has 2 aliphatic rings. The van der Waals surface area contributed by atoms with E-state index in [2.05, 4.69) is 32.9 Å². The summed E-state index contributed by atoms with van der Waals surface area (Å²) < 4.78 is 5.81.